The van der Waals surface area contributed by atoms with Gasteiger partial charge in [-0.1, -0.05) is 11.8 Å². The Morgan fingerprint density at radius 3 is 2.67 bits per heavy atom. The lowest BCUT2D eigenvalue weighted by Gasteiger charge is -2.31. The molecule has 2 aromatic heterocycles. The number of nitrogens with zero attached hydrogens (tertiary/aromatic N) is 4. The zero-order valence-corrected chi connectivity index (χ0v) is 10.8. The second kappa shape index (κ2) is 5.39. The van der Waals surface area contributed by atoms with Crippen molar-refractivity contribution in [3.05, 3.63) is 30.9 Å². The minimum atomic E-state index is 0.621. The van der Waals surface area contributed by atoms with E-state index in [0.29, 0.717) is 5.25 Å². The molecule has 0 amide bonds. The highest BCUT2D eigenvalue weighted by atomic mass is 32.2. The van der Waals surface area contributed by atoms with Crippen LogP contribution in [0.15, 0.2) is 36.0 Å². The monoisotopic (exact) mass is 261 g/mol. The molecule has 3 heterocycles. The molecule has 18 heavy (non-hydrogen) atoms. The van der Waals surface area contributed by atoms with E-state index in [-0.39, 0.29) is 0 Å². The number of nitrogens with one attached hydrogen (secondary N) is 1. The summed E-state index contributed by atoms with van der Waals surface area (Å²) in [6.07, 6.45) is 9.76. The van der Waals surface area contributed by atoms with Gasteiger partial charge in [-0.15, -0.1) is 0 Å². The second-order valence-corrected chi connectivity index (χ2v) is 5.56. The van der Waals surface area contributed by atoms with Crippen LogP contribution in [0.25, 0.3) is 0 Å². The van der Waals surface area contributed by atoms with Crippen LogP contribution < -0.4 is 4.90 Å². The highest BCUT2D eigenvalue weighted by molar-refractivity contribution is 7.99. The van der Waals surface area contributed by atoms with Crippen molar-refractivity contribution in [2.75, 3.05) is 18.0 Å². The van der Waals surface area contributed by atoms with Crippen molar-refractivity contribution >= 4 is 17.4 Å². The molecule has 0 aliphatic carbocycles. The Hall–Kier alpha value is -1.56. The van der Waals surface area contributed by atoms with Crippen LogP contribution in [0, 0.1) is 0 Å². The molecule has 0 aromatic carbocycles. The molecule has 2 aromatic rings. The maximum atomic E-state index is 4.27. The van der Waals surface area contributed by atoms with Gasteiger partial charge in [0.25, 0.3) is 0 Å². The topological polar surface area (TPSA) is 57.7 Å². The summed E-state index contributed by atoms with van der Waals surface area (Å²) in [6.45, 7) is 2.15. The summed E-state index contributed by atoms with van der Waals surface area (Å²) in [5.41, 5.74) is 1.19. The van der Waals surface area contributed by atoms with E-state index in [1.807, 2.05) is 18.5 Å². The summed E-state index contributed by atoms with van der Waals surface area (Å²) < 4.78 is 0. The molecule has 94 valence electrons. The van der Waals surface area contributed by atoms with Crippen molar-refractivity contribution in [1.82, 2.24) is 20.2 Å². The van der Waals surface area contributed by atoms with Gasteiger partial charge in [0.1, 0.15) is 0 Å². The summed E-state index contributed by atoms with van der Waals surface area (Å²) >= 11 is 1.79. The third-order valence-corrected chi connectivity index (χ3v) is 4.33. The van der Waals surface area contributed by atoms with Crippen LogP contribution in [-0.4, -0.2) is 38.5 Å². The van der Waals surface area contributed by atoms with Crippen LogP contribution in [0.2, 0.25) is 0 Å². The van der Waals surface area contributed by atoms with Gasteiger partial charge in [0.2, 0.25) is 0 Å². The van der Waals surface area contributed by atoms with Crippen molar-refractivity contribution < 1.29 is 0 Å². The van der Waals surface area contributed by atoms with Crippen molar-refractivity contribution in [2.45, 2.75) is 23.2 Å². The Labute approximate surface area is 110 Å². The summed E-state index contributed by atoms with van der Waals surface area (Å²) in [5, 5.41) is 8.36. The molecule has 0 atom stereocenters. The number of hydrogen-bond acceptors (Lipinski definition) is 5. The summed E-state index contributed by atoms with van der Waals surface area (Å²) in [5.74, 6) is 0. The molecule has 0 radical (unpaired) electrons. The molecule has 1 aliphatic rings. The Morgan fingerprint density at radius 2 is 2.00 bits per heavy atom. The maximum Gasteiger partial charge on any atom is 0.187 e. The summed E-state index contributed by atoms with van der Waals surface area (Å²) in [4.78, 5) is 10.9. The fraction of sp³-hybridized carbons (Fsp3) is 0.417. The standard InChI is InChI=1S/C12H15N5S/c1-4-13-12(14-5-1)18-11-2-6-17(7-3-11)10-8-15-16-9-10/h1,4-5,8-9,11H,2-3,6-7H2,(H,15,16). The zero-order chi connectivity index (χ0) is 12.2. The lowest BCUT2D eigenvalue weighted by atomic mass is 10.1. The van der Waals surface area contributed by atoms with Crippen LogP contribution in [0.3, 0.4) is 0 Å². The number of aromatic nitrogens is 4. The van der Waals surface area contributed by atoms with Gasteiger partial charge in [-0.25, -0.2) is 9.97 Å². The van der Waals surface area contributed by atoms with E-state index in [4.69, 9.17) is 0 Å². The number of hydrogen-bond donors (Lipinski definition) is 1. The van der Waals surface area contributed by atoms with E-state index in [1.165, 1.54) is 5.69 Å². The van der Waals surface area contributed by atoms with E-state index >= 15 is 0 Å². The van der Waals surface area contributed by atoms with Crippen molar-refractivity contribution in [3.8, 4) is 0 Å². The molecular formula is C12H15N5S. The Kier molecular flexibility index (Phi) is 3.45. The van der Waals surface area contributed by atoms with Gasteiger partial charge in [-0.2, -0.15) is 5.10 Å². The highest BCUT2D eigenvalue weighted by Gasteiger charge is 2.21. The van der Waals surface area contributed by atoms with Crippen LogP contribution in [-0.2, 0) is 0 Å². The first-order valence-electron chi connectivity index (χ1n) is 6.09. The minimum Gasteiger partial charge on any atom is -0.369 e. The molecule has 1 aliphatic heterocycles. The predicted octanol–water partition coefficient (Wildman–Crippen LogP) is 1.96. The largest absolute Gasteiger partial charge is 0.369 e. The lowest BCUT2D eigenvalue weighted by Crippen LogP contribution is -2.34. The van der Waals surface area contributed by atoms with E-state index in [2.05, 4.69) is 25.1 Å². The van der Waals surface area contributed by atoms with Gasteiger partial charge in [-0.05, 0) is 18.9 Å². The summed E-state index contributed by atoms with van der Waals surface area (Å²) in [6, 6.07) is 1.85. The number of anilines is 1. The van der Waals surface area contributed by atoms with Crippen LogP contribution in [0.4, 0.5) is 5.69 Å². The van der Waals surface area contributed by atoms with Gasteiger partial charge in [0.05, 0.1) is 11.9 Å². The quantitative estimate of drug-likeness (QED) is 0.856. The third-order valence-electron chi connectivity index (χ3n) is 3.11. The van der Waals surface area contributed by atoms with Crippen molar-refractivity contribution in [3.63, 3.8) is 0 Å². The molecular weight excluding hydrogens is 246 g/mol. The van der Waals surface area contributed by atoms with Gasteiger partial charge >= 0.3 is 0 Å². The van der Waals surface area contributed by atoms with Gasteiger partial charge in [-0.3, -0.25) is 5.10 Å². The Morgan fingerprint density at radius 1 is 1.22 bits per heavy atom. The molecule has 1 N–H and O–H groups in total. The predicted molar refractivity (Wildman–Crippen MR) is 71.7 cm³/mol. The first-order chi connectivity index (χ1) is 8.92. The number of rotatable bonds is 3. The molecule has 0 bridgehead atoms. The lowest BCUT2D eigenvalue weighted by molar-refractivity contribution is 0.590. The van der Waals surface area contributed by atoms with Crippen LogP contribution in [0.5, 0.6) is 0 Å². The second-order valence-electron chi connectivity index (χ2n) is 4.29. The van der Waals surface area contributed by atoms with Crippen LogP contribution in [0.1, 0.15) is 12.8 Å². The van der Waals surface area contributed by atoms with E-state index in [0.717, 1.165) is 31.1 Å². The fourth-order valence-electron chi connectivity index (χ4n) is 2.14. The maximum absolute atomic E-state index is 4.27. The summed E-state index contributed by atoms with van der Waals surface area (Å²) in [7, 11) is 0. The molecule has 0 unspecified atom stereocenters. The fourth-order valence-corrected chi connectivity index (χ4v) is 3.13. The van der Waals surface area contributed by atoms with Gasteiger partial charge in [0.15, 0.2) is 5.16 Å². The van der Waals surface area contributed by atoms with E-state index < -0.39 is 0 Å². The molecule has 5 nitrogen and oxygen atoms in total. The normalized spacial score (nSPS) is 17.0. The average Bonchev–Trinajstić information content (AvgIpc) is 2.95. The first-order valence-corrected chi connectivity index (χ1v) is 6.97. The number of aromatic amines is 1. The third kappa shape index (κ3) is 2.64. The van der Waals surface area contributed by atoms with E-state index in [1.54, 1.807) is 24.2 Å². The number of thioether (sulfide) groups is 1. The van der Waals surface area contributed by atoms with E-state index in [9.17, 15) is 0 Å². The molecule has 3 rings (SSSR count). The molecule has 1 fully saturated rings. The van der Waals surface area contributed by atoms with Crippen LogP contribution >= 0.6 is 11.8 Å². The zero-order valence-electron chi connectivity index (χ0n) is 9.99. The molecule has 0 spiro atoms. The van der Waals surface area contributed by atoms with Crippen molar-refractivity contribution in [2.24, 2.45) is 0 Å². The molecule has 1 saturated heterocycles. The Balaban J connectivity index is 1.54. The Bertz CT molecular complexity index is 464. The highest BCUT2D eigenvalue weighted by Crippen LogP contribution is 2.29. The van der Waals surface area contributed by atoms with Gasteiger partial charge in [0, 0.05) is 36.9 Å². The number of H-pyrrole nitrogens is 1. The first kappa shape index (κ1) is 11.5. The average molecular weight is 261 g/mol. The van der Waals surface area contributed by atoms with Gasteiger partial charge < -0.3 is 4.90 Å². The smallest absolute Gasteiger partial charge is 0.187 e. The van der Waals surface area contributed by atoms with Crippen molar-refractivity contribution in [1.29, 1.82) is 0 Å². The molecule has 0 saturated carbocycles. The minimum absolute atomic E-state index is 0.621. The SMILES string of the molecule is c1cnc(SC2CCN(c3cn[nH]c3)CC2)nc1. The number of piperidine rings is 1. The molecule has 6 heteroatoms.